The van der Waals surface area contributed by atoms with Crippen molar-refractivity contribution in [1.29, 1.82) is 0 Å². The molecule has 3 fully saturated rings. The Bertz CT molecular complexity index is 789. The Morgan fingerprint density at radius 1 is 0.931 bits per heavy atom. The van der Waals surface area contributed by atoms with E-state index in [9.17, 15) is 13.2 Å². The maximum Gasteiger partial charge on any atom is 0.262 e. The van der Waals surface area contributed by atoms with E-state index in [1.165, 1.54) is 49.2 Å². The summed E-state index contributed by atoms with van der Waals surface area (Å²) in [7, 11) is -3.55. The number of imidazole rings is 1. The molecule has 162 valence electrons. The Morgan fingerprint density at radius 3 is 2.21 bits per heavy atom. The molecule has 0 N–H and O–H groups in total. The summed E-state index contributed by atoms with van der Waals surface area (Å²) in [6, 6.07) is 0.605. The number of nitrogens with zero attached hydrogens (tertiary/aromatic N) is 5. The number of amides is 1. The van der Waals surface area contributed by atoms with E-state index in [-0.39, 0.29) is 17.5 Å². The number of hydrogen-bond acceptors (Lipinski definition) is 5. The normalized spacial score (nSPS) is 23.4. The summed E-state index contributed by atoms with van der Waals surface area (Å²) < 4.78 is 28.6. The fourth-order valence-corrected chi connectivity index (χ4v) is 6.27. The average Bonchev–Trinajstić information content (AvgIpc) is 3.24. The van der Waals surface area contributed by atoms with Gasteiger partial charge >= 0.3 is 0 Å². The lowest BCUT2D eigenvalue weighted by atomic mass is 10.00. The van der Waals surface area contributed by atoms with Crippen molar-refractivity contribution in [2.45, 2.75) is 69.0 Å². The SMILES string of the molecule is O=C(Cn1cnc(S(=O)(=O)N2CCCCC2)c1)N1CCC(N2CCCCC2)CC1. The highest BCUT2D eigenvalue weighted by Gasteiger charge is 2.30. The molecule has 1 aromatic heterocycles. The van der Waals surface area contributed by atoms with Crippen LogP contribution in [0.3, 0.4) is 0 Å². The van der Waals surface area contributed by atoms with Gasteiger partial charge in [0.2, 0.25) is 5.91 Å². The highest BCUT2D eigenvalue weighted by atomic mass is 32.2. The molecule has 0 aliphatic carbocycles. The van der Waals surface area contributed by atoms with E-state index in [4.69, 9.17) is 0 Å². The molecule has 4 rings (SSSR count). The topological polar surface area (TPSA) is 78.7 Å². The van der Waals surface area contributed by atoms with Crippen LogP contribution in [0.2, 0.25) is 0 Å². The third kappa shape index (κ3) is 4.83. The molecule has 0 aromatic carbocycles. The van der Waals surface area contributed by atoms with Gasteiger partial charge in [-0.25, -0.2) is 13.4 Å². The van der Waals surface area contributed by atoms with E-state index in [0.29, 0.717) is 19.1 Å². The zero-order valence-electron chi connectivity index (χ0n) is 17.2. The third-order valence-electron chi connectivity index (χ3n) is 6.57. The number of rotatable bonds is 5. The molecule has 0 saturated carbocycles. The van der Waals surface area contributed by atoms with Crippen molar-refractivity contribution in [3.63, 3.8) is 0 Å². The number of piperidine rings is 3. The summed E-state index contributed by atoms with van der Waals surface area (Å²) in [5.41, 5.74) is 0. The quantitative estimate of drug-likeness (QED) is 0.718. The van der Waals surface area contributed by atoms with E-state index >= 15 is 0 Å². The van der Waals surface area contributed by atoms with Crippen LogP contribution in [0.15, 0.2) is 17.6 Å². The van der Waals surface area contributed by atoms with Crippen LogP contribution in [0, 0.1) is 0 Å². The maximum atomic E-state index is 12.7. The number of sulfonamides is 1. The lowest BCUT2D eigenvalue weighted by Crippen LogP contribution is -2.48. The highest BCUT2D eigenvalue weighted by Crippen LogP contribution is 2.22. The van der Waals surface area contributed by atoms with E-state index < -0.39 is 10.0 Å². The van der Waals surface area contributed by atoms with Crippen LogP contribution in [0.25, 0.3) is 0 Å². The number of carbonyl (C=O) groups is 1. The van der Waals surface area contributed by atoms with Crippen molar-refractivity contribution in [3.05, 3.63) is 12.5 Å². The smallest absolute Gasteiger partial charge is 0.262 e. The summed E-state index contributed by atoms with van der Waals surface area (Å²) in [4.78, 5) is 21.3. The molecule has 0 atom stereocenters. The lowest BCUT2D eigenvalue weighted by molar-refractivity contribution is -0.133. The molecular formula is C20H33N5O3S. The van der Waals surface area contributed by atoms with Crippen molar-refractivity contribution in [3.8, 4) is 0 Å². The van der Waals surface area contributed by atoms with Crippen LogP contribution >= 0.6 is 0 Å². The second kappa shape index (κ2) is 9.14. The number of carbonyl (C=O) groups excluding carboxylic acids is 1. The van der Waals surface area contributed by atoms with Crippen molar-refractivity contribution < 1.29 is 13.2 Å². The summed E-state index contributed by atoms with van der Waals surface area (Å²) in [6.07, 6.45) is 11.8. The molecule has 29 heavy (non-hydrogen) atoms. The number of hydrogen-bond donors (Lipinski definition) is 0. The molecule has 9 heteroatoms. The van der Waals surface area contributed by atoms with Crippen molar-refractivity contribution in [2.75, 3.05) is 39.3 Å². The van der Waals surface area contributed by atoms with Crippen LogP contribution in [0.1, 0.15) is 51.4 Å². The minimum Gasteiger partial charge on any atom is -0.341 e. The first kappa shape index (κ1) is 20.8. The van der Waals surface area contributed by atoms with E-state index in [2.05, 4.69) is 9.88 Å². The van der Waals surface area contributed by atoms with Gasteiger partial charge in [0.15, 0.2) is 5.03 Å². The molecule has 0 radical (unpaired) electrons. The average molecular weight is 424 g/mol. The van der Waals surface area contributed by atoms with Gasteiger partial charge in [0.25, 0.3) is 10.0 Å². The predicted octanol–water partition coefficient (Wildman–Crippen LogP) is 1.53. The summed E-state index contributed by atoms with van der Waals surface area (Å²) in [5.74, 6) is 0.0430. The second-order valence-corrected chi connectivity index (χ2v) is 10.4. The molecule has 3 aliphatic heterocycles. The molecule has 4 heterocycles. The third-order valence-corrected chi connectivity index (χ3v) is 8.36. The molecule has 0 bridgehead atoms. The Kier molecular flexibility index (Phi) is 6.56. The van der Waals surface area contributed by atoms with Gasteiger partial charge in [-0.1, -0.05) is 12.8 Å². The van der Waals surface area contributed by atoms with Gasteiger partial charge < -0.3 is 14.4 Å². The lowest BCUT2D eigenvalue weighted by Gasteiger charge is -2.40. The van der Waals surface area contributed by atoms with Crippen LogP contribution < -0.4 is 0 Å². The first-order valence-corrected chi connectivity index (χ1v) is 12.5. The summed E-state index contributed by atoms with van der Waals surface area (Å²) >= 11 is 0. The minimum absolute atomic E-state index is 0.0430. The molecular weight excluding hydrogens is 390 g/mol. The fourth-order valence-electron chi connectivity index (χ4n) is 4.82. The van der Waals surface area contributed by atoms with Crippen LogP contribution in [-0.2, 0) is 21.4 Å². The molecule has 8 nitrogen and oxygen atoms in total. The fraction of sp³-hybridized carbons (Fsp3) is 0.800. The first-order chi connectivity index (χ1) is 14.0. The van der Waals surface area contributed by atoms with Crippen molar-refractivity contribution in [1.82, 2.24) is 23.7 Å². The van der Waals surface area contributed by atoms with Gasteiger partial charge in [-0.2, -0.15) is 4.31 Å². The Hall–Kier alpha value is -1.45. The summed E-state index contributed by atoms with van der Waals surface area (Å²) in [6.45, 7) is 5.22. The van der Waals surface area contributed by atoms with Gasteiger partial charge in [-0.05, 0) is 51.6 Å². The van der Waals surface area contributed by atoms with E-state index in [1.807, 2.05) is 4.90 Å². The Morgan fingerprint density at radius 2 is 1.55 bits per heavy atom. The van der Waals surface area contributed by atoms with Gasteiger partial charge in [0.1, 0.15) is 6.54 Å². The van der Waals surface area contributed by atoms with Crippen LogP contribution in [0.5, 0.6) is 0 Å². The van der Waals surface area contributed by atoms with E-state index in [1.54, 1.807) is 4.57 Å². The van der Waals surface area contributed by atoms with Gasteiger partial charge in [0.05, 0.1) is 6.33 Å². The van der Waals surface area contributed by atoms with Gasteiger partial charge in [-0.3, -0.25) is 4.79 Å². The minimum atomic E-state index is -3.55. The number of aromatic nitrogens is 2. The molecule has 0 spiro atoms. The highest BCUT2D eigenvalue weighted by molar-refractivity contribution is 7.89. The largest absolute Gasteiger partial charge is 0.341 e. The molecule has 3 saturated heterocycles. The molecule has 1 aromatic rings. The zero-order chi connectivity index (χ0) is 20.3. The zero-order valence-corrected chi connectivity index (χ0v) is 18.0. The van der Waals surface area contributed by atoms with Crippen molar-refractivity contribution in [2.24, 2.45) is 0 Å². The monoisotopic (exact) mass is 423 g/mol. The maximum absolute atomic E-state index is 12.7. The molecule has 0 unspecified atom stereocenters. The standard InChI is InChI=1S/C20H33N5O3S/c26-20(24-13-7-18(8-14-24)23-9-3-1-4-10-23)16-22-15-19(21-17-22)29(27,28)25-11-5-2-6-12-25/h15,17-18H,1-14,16H2. The molecule has 1 amide bonds. The van der Waals surface area contributed by atoms with Crippen LogP contribution in [-0.4, -0.2) is 83.3 Å². The van der Waals surface area contributed by atoms with E-state index in [0.717, 1.165) is 45.2 Å². The Labute approximate surface area is 173 Å². The van der Waals surface area contributed by atoms with Gasteiger partial charge in [0, 0.05) is 38.4 Å². The molecule has 3 aliphatic rings. The number of likely N-dealkylation sites (tertiary alicyclic amines) is 2. The second-order valence-electron chi connectivity index (χ2n) is 8.56. The van der Waals surface area contributed by atoms with Crippen molar-refractivity contribution >= 4 is 15.9 Å². The predicted molar refractivity (Wildman–Crippen MR) is 110 cm³/mol. The van der Waals surface area contributed by atoms with Crippen LogP contribution in [0.4, 0.5) is 0 Å². The van der Waals surface area contributed by atoms with Gasteiger partial charge in [-0.15, -0.1) is 0 Å². The first-order valence-electron chi connectivity index (χ1n) is 11.1. The summed E-state index contributed by atoms with van der Waals surface area (Å²) in [5, 5.41) is 0.0519. The Balaban J connectivity index is 1.30.